The molecule has 2 aromatic rings. The van der Waals surface area contributed by atoms with Gasteiger partial charge in [-0.2, -0.15) is 0 Å². The molecule has 0 aromatic heterocycles. The van der Waals surface area contributed by atoms with Crippen molar-refractivity contribution in [3.05, 3.63) is 65.7 Å². The molecule has 0 saturated carbocycles. The number of methoxy groups -OCH3 is 1. The van der Waals surface area contributed by atoms with E-state index in [9.17, 15) is 14.7 Å². The number of aliphatic carboxylic acids is 1. The van der Waals surface area contributed by atoms with Gasteiger partial charge in [0.15, 0.2) is 12.3 Å². The average Bonchev–Trinajstić information content (AvgIpc) is 3.11. The van der Waals surface area contributed by atoms with E-state index < -0.39 is 30.4 Å². The maximum atomic E-state index is 13.1. The summed E-state index contributed by atoms with van der Waals surface area (Å²) < 4.78 is 16.6. The predicted molar refractivity (Wildman–Crippen MR) is 110 cm³/mol. The molecular weight excluding hydrogens is 386 g/mol. The number of benzene rings is 2. The van der Waals surface area contributed by atoms with Crippen LogP contribution in [-0.4, -0.2) is 41.3 Å². The van der Waals surface area contributed by atoms with Gasteiger partial charge in [0, 0.05) is 5.56 Å². The van der Waals surface area contributed by atoms with Gasteiger partial charge in [-0.3, -0.25) is 4.90 Å². The summed E-state index contributed by atoms with van der Waals surface area (Å²) >= 11 is 0. The van der Waals surface area contributed by atoms with E-state index in [4.69, 9.17) is 14.2 Å². The van der Waals surface area contributed by atoms with E-state index in [0.29, 0.717) is 17.7 Å². The standard InChI is InChI=1S/C23H27NO6/c1-15(2)13-19-20(22(25)26)30-21(17-9-11-18(28-3)12-10-17)24(19)23(27)29-14-16-7-5-4-6-8-16/h4-12,15,19-21H,13-14H2,1-3H3,(H,25,26). The number of carboxylic acid groups (broad SMARTS) is 1. The molecule has 3 rings (SSSR count). The van der Waals surface area contributed by atoms with Crippen LogP contribution in [0.4, 0.5) is 4.79 Å². The molecule has 1 N–H and O–H groups in total. The average molecular weight is 413 g/mol. The molecule has 1 fully saturated rings. The summed E-state index contributed by atoms with van der Waals surface area (Å²) in [6.45, 7) is 4.05. The monoisotopic (exact) mass is 413 g/mol. The molecule has 7 nitrogen and oxygen atoms in total. The normalized spacial score (nSPS) is 20.9. The minimum absolute atomic E-state index is 0.0949. The lowest BCUT2D eigenvalue weighted by atomic mass is 9.98. The third-order valence-electron chi connectivity index (χ3n) is 5.01. The third-order valence-corrected chi connectivity index (χ3v) is 5.01. The van der Waals surface area contributed by atoms with E-state index in [1.165, 1.54) is 4.90 Å². The van der Waals surface area contributed by atoms with E-state index in [1.54, 1.807) is 31.4 Å². The summed E-state index contributed by atoms with van der Waals surface area (Å²) in [4.78, 5) is 26.4. The van der Waals surface area contributed by atoms with Gasteiger partial charge in [-0.25, -0.2) is 9.59 Å². The number of nitrogens with zero attached hydrogens (tertiary/aromatic N) is 1. The molecule has 1 heterocycles. The van der Waals surface area contributed by atoms with E-state index in [2.05, 4.69) is 0 Å². The first kappa shape index (κ1) is 21.6. The molecule has 0 aliphatic carbocycles. The highest BCUT2D eigenvalue weighted by molar-refractivity contribution is 5.77. The Bertz CT molecular complexity index is 852. The fourth-order valence-electron chi connectivity index (χ4n) is 3.59. The van der Waals surface area contributed by atoms with Crippen LogP contribution in [0.25, 0.3) is 0 Å². The van der Waals surface area contributed by atoms with Crippen LogP contribution in [-0.2, 0) is 20.9 Å². The van der Waals surface area contributed by atoms with E-state index in [0.717, 1.165) is 5.56 Å². The maximum Gasteiger partial charge on any atom is 0.412 e. The molecule has 30 heavy (non-hydrogen) atoms. The van der Waals surface area contributed by atoms with Gasteiger partial charge in [0.05, 0.1) is 13.2 Å². The third kappa shape index (κ3) is 4.91. The van der Waals surface area contributed by atoms with Crippen molar-refractivity contribution >= 4 is 12.1 Å². The number of hydrogen-bond donors (Lipinski definition) is 1. The van der Waals surface area contributed by atoms with Gasteiger partial charge in [0.2, 0.25) is 0 Å². The number of amides is 1. The summed E-state index contributed by atoms with van der Waals surface area (Å²) in [6, 6.07) is 15.7. The minimum atomic E-state index is -1.14. The lowest BCUT2D eigenvalue weighted by Gasteiger charge is -2.29. The number of rotatable bonds is 7. The van der Waals surface area contributed by atoms with Gasteiger partial charge in [-0.1, -0.05) is 56.3 Å². The van der Waals surface area contributed by atoms with Gasteiger partial charge in [0.25, 0.3) is 0 Å². The molecule has 2 aromatic carbocycles. The Kier molecular flexibility index (Phi) is 6.95. The highest BCUT2D eigenvalue weighted by Crippen LogP contribution is 2.38. The SMILES string of the molecule is COc1ccc(C2OC(C(=O)O)C(CC(C)C)N2C(=O)OCc2ccccc2)cc1. The highest BCUT2D eigenvalue weighted by atomic mass is 16.6. The Balaban J connectivity index is 1.89. The van der Waals surface area contributed by atoms with Gasteiger partial charge >= 0.3 is 12.1 Å². The largest absolute Gasteiger partial charge is 0.497 e. The van der Waals surface area contributed by atoms with Gasteiger partial charge < -0.3 is 19.3 Å². The molecule has 1 aliphatic rings. The molecule has 0 bridgehead atoms. The second-order valence-corrected chi connectivity index (χ2v) is 7.66. The first-order valence-corrected chi connectivity index (χ1v) is 9.92. The van der Waals surface area contributed by atoms with Crippen molar-refractivity contribution in [2.45, 2.75) is 45.2 Å². The second kappa shape index (κ2) is 9.63. The van der Waals surface area contributed by atoms with Crippen LogP contribution in [0.15, 0.2) is 54.6 Å². The Morgan fingerprint density at radius 2 is 1.77 bits per heavy atom. The van der Waals surface area contributed by atoms with Crippen molar-refractivity contribution < 1.29 is 28.9 Å². The Hall–Kier alpha value is -3.06. The summed E-state index contributed by atoms with van der Waals surface area (Å²) in [5, 5.41) is 9.73. The first-order valence-electron chi connectivity index (χ1n) is 9.92. The number of carboxylic acids is 1. The zero-order chi connectivity index (χ0) is 21.7. The van der Waals surface area contributed by atoms with Gasteiger partial charge in [-0.05, 0) is 30.0 Å². The molecule has 3 atom stereocenters. The fraction of sp³-hybridized carbons (Fsp3) is 0.391. The van der Waals surface area contributed by atoms with Crippen LogP contribution < -0.4 is 4.74 Å². The summed E-state index contributed by atoms with van der Waals surface area (Å²) in [5.74, 6) is -0.277. The van der Waals surface area contributed by atoms with Crippen molar-refractivity contribution in [1.29, 1.82) is 0 Å². The smallest absolute Gasteiger partial charge is 0.412 e. The molecule has 1 saturated heterocycles. The Morgan fingerprint density at radius 3 is 2.33 bits per heavy atom. The Labute approximate surface area is 176 Å². The maximum absolute atomic E-state index is 13.1. The van der Waals surface area contributed by atoms with Crippen molar-refractivity contribution in [2.24, 2.45) is 5.92 Å². The van der Waals surface area contributed by atoms with Crippen LogP contribution in [0.1, 0.15) is 37.6 Å². The first-order chi connectivity index (χ1) is 14.4. The molecule has 0 radical (unpaired) electrons. The molecule has 160 valence electrons. The molecule has 7 heteroatoms. The van der Waals surface area contributed by atoms with Crippen LogP contribution >= 0.6 is 0 Å². The van der Waals surface area contributed by atoms with Crippen molar-refractivity contribution in [1.82, 2.24) is 4.90 Å². The van der Waals surface area contributed by atoms with Crippen LogP contribution in [0, 0.1) is 5.92 Å². The summed E-state index contributed by atoms with van der Waals surface area (Å²) in [7, 11) is 1.56. The van der Waals surface area contributed by atoms with Gasteiger partial charge in [0.1, 0.15) is 12.4 Å². The highest BCUT2D eigenvalue weighted by Gasteiger charge is 2.49. The van der Waals surface area contributed by atoms with E-state index in [-0.39, 0.29) is 12.5 Å². The van der Waals surface area contributed by atoms with Crippen LogP contribution in [0.5, 0.6) is 5.75 Å². The lowest BCUT2D eigenvalue weighted by Crippen LogP contribution is -2.44. The van der Waals surface area contributed by atoms with Gasteiger partial charge in [-0.15, -0.1) is 0 Å². The molecule has 3 unspecified atom stereocenters. The zero-order valence-corrected chi connectivity index (χ0v) is 17.4. The van der Waals surface area contributed by atoms with Crippen molar-refractivity contribution in [3.63, 3.8) is 0 Å². The minimum Gasteiger partial charge on any atom is -0.497 e. The molecule has 1 amide bonds. The molecule has 0 spiro atoms. The van der Waals surface area contributed by atoms with E-state index in [1.807, 2.05) is 44.2 Å². The zero-order valence-electron chi connectivity index (χ0n) is 17.4. The summed E-state index contributed by atoms with van der Waals surface area (Å²) in [6.07, 6.45) is -2.12. The van der Waals surface area contributed by atoms with Crippen LogP contribution in [0.2, 0.25) is 0 Å². The molecule has 1 aliphatic heterocycles. The second-order valence-electron chi connectivity index (χ2n) is 7.66. The quantitative estimate of drug-likeness (QED) is 0.731. The summed E-state index contributed by atoms with van der Waals surface area (Å²) in [5.41, 5.74) is 1.51. The topological polar surface area (TPSA) is 85.3 Å². The van der Waals surface area contributed by atoms with E-state index >= 15 is 0 Å². The predicted octanol–water partition coefficient (Wildman–Crippen LogP) is 4.23. The number of ether oxygens (including phenoxy) is 3. The van der Waals surface area contributed by atoms with Crippen molar-refractivity contribution in [2.75, 3.05) is 7.11 Å². The Morgan fingerprint density at radius 1 is 1.10 bits per heavy atom. The fourth-order valence-corrected chi connectivity index (χ4v) is 3.59. The lowest BCUT2D eigenvalue weighted by molar-refractivity contribution is -0.150. The molecular formula is C23H27NO6. The number of carbonyl (C=O) groups is 2. The van der Waals surface area contributed by atoms with Crippen LogP contribution in [0.3, 0.4) is 0 Å². The number of hydrogen-bond acceptors (Lipinski definition) is 5. The number of carbonyl (C=O) groups excluding carboxylic acids is 1. The van der Waals surface area contributed by atoms with Crippen molar-refractivity contribution in [3.8, 4) is 5.75 Å².